The monoisotopic (exact) mass is 220 g/mol. The van der Waals surface area contributed by atoms with Gasteiger partial charge in [0.05, 0.1) is 17.3 Å². The fourth-order valence-electron chi connectivity index (χ4n) is 2.17. The van der Waals surface area contributed by atoms with Gasteiger partial charge in [-0.15, -0.1) is 0 Å². The first-order valence-corrected chi connectivity index (χ1v) is 5.43. The molecule has 0 atom stereocenters. The number of nitrogens with zero attached hydrogens (tertiary/aromatic N) is 2. The van der Waals surface area contributed by atoms with Crippen molar-refractivity contribution in [3.8, 4) is 0 Å². The maximum absolute atomic E-state index is 5.45. The zero-order valence-electron chi connectivity index (χ0n) is 8.92. The van der Waals surface area contributed by atoms with Crippen molar-refractivity contribution in [2.75, 3.05) is 0 Å². The van der Waals surface area contributed by atoms with E-state index < -0.39 is 0 Å². The third kappa shape index (κ3) is 1.16. The van der Waals surface area contributed by atoms with Gasteiger partial charge in [0.25, 0.3) is 0 Å². The summed E-state index contributed by atoms with van der Waals surface area (Å²) in [7, 11) is 0. The molecule has 17 heavy (non-hydrogen) atoms. The largest absolute Gasteiger partial charge is 0.463 e. The molecule has 3 aromatic heterocycles. The van der Waals surface area contributed by atoms with Gasteiger partial charge in [0.2, 0.25) is 0 Å². The van der Waals surface area contributed by atoms with E-state index in [-0.39, 0.29) is 0 Å². The summed E-state index contributed by atoms with van der Waals surface area (Å²) in [6.07, 6.45) is 3.48. The molecule has 0 aliphatic rings. The van der Waals surface area contributed by atoms with Crippen LogP contribution in [0.2, 0.25) is 0 Å². The van der Waals surface area contributed by atoms with Crippen LogP contribution < -0.4 is 0 Å². The van der Waals surface area contributed by atoms with Crippen LogP contribution in [0.25, 0.3) is 32.9 Å². The van der Waals surface area contributed by atoms with Crippen molar-refractivity contribution < 1.29 is 4.42 Å². The molecule has 0 fully saturated rings. The molecule has 0 spiro atoms. The molecule has 4 rings (SSSR count). The standard InChI is InChI=1S/C14H8N2O/c1-2-12-13(17-7-1)8-10-11(16-12)4-3-9-5-6-15-14(9)10/h1-8H. The predicted molar refractivity (Wildman–Crippen MR) is 66.8 cm³/mol. The minimum absolute atomic E-state index is 0.788. The number of hydrogen-bond acceptors (Lipinski definition) is 3. The second kappa shape index (κ2) is 3.04. The van der Waals surface area contributed by atoms with Crippen molar-refractivity contribution in [2.45, 2.75) is 0 Å². The van der Waals surface area contributed by atoms with E-state index in [1.165, 1.54) is 0 Å². The highest BCUT2D eigenvalue weighted by molar-refractivity contribution is 6.06. The normalized spacial score (nSPS) is 11.5. The quantitative estimate of drug-likeness (QED) is 0.425. The Hall–Kier alpha value is -2.42. The number of rotatable bonds is 0. The summed E-state index contributed by atoms with van der Waals surface area (Å²) in [4.78, 5) is 8.95. The second-order valence-corrected chi connectivity index (χ2v) is 4.00. The van der Waals surface area contributed by atoms with E-state index in [0.29, 0.717) is 0 Å². The third-order valence-corrected chi connectivity index (χ3v) is 2.98. The van der Waals surface area contributed by atoms with Crippen molar-refractivity contribution in [1.29, 1.82) is 0 Å². The molecule has 0 bridgehead atoms. The van der Waals surface area contributed by atoms with Gasteiger partial charge in [0, 0.05) is 17.0 Å². The fraction of sp³-hybridized carbons (Fsp3) is 0. The third-order valence-electron chi connectivity index (χ3n) is 2.98. The molecule has 80 valence electrons. The lowest BCUT2D eigenvalue weighted by molar-refractivity contribution is 0.603. The zero-order valence-corrected chi connectivity index (χ0v) is 8.92. The zero-order chi connectivity index (χ0) is 11.2. The van der Waals surface area contributed by atoms with Crippen molar-refractivity contribution in [3.63, 3.8) is 0 Å². The highest BCUT2D eigenvalue weighted by Crippen LogP contribution is 2.26. The Balaban J connectivity index is 2.29. The molecule has 3 heteroatoms. The summed E-state index contributed by atoms with van der Waals surface area (Å²) in [5, 5.41) is 2.17. The average Bonchev–Trinajstić information content (AvgIpc) is 2.85. The molecular weight excluding hydrogens is 212 g/mol. The lowest BCUT2D eigenvalue weighted by Crippen LogP contribution is -1.83. The summed E-state index contributed by atoms with van der Waals surface area (Å²) in [5.41, 5.74) is 3.59. The first kappa shape index (κ1) is 8.70. The van der Waals surface area contributed by atoms with Crippen LogP contribution >= 0.6 is 0 Å². The van der Waals surface area contributed by atoms with E-state index >= 15 is 0 Å². The van der Waals surface area contributed by atoms with Crippen LogP contribution in [0, 0.1) is 0 Å². The highest BCUT2D eigenvalue weighted by Gasteiger charge is 2.06. The van der Waals surface area contributed by atoms with Gasteiger partial charge in [0.1, 0.15) is 5.52 Å². The molecule has 0 saturated heterocycles. The van der Waals surface area contributed by atoms with Crippen LogP contribution in [0.5, 0.6) is 0 Å². The summed E-state index contributed by atoms with van der Waals surface area (Å²) < 4.78 is 5.45. The molecule has 3 heterocycles. The van der Waals surface area contributed by atoms with Crippen LogP contribution in [-0.4, -0.2) is 9.97 Å². The SMILES string of the molecule is c1coc2cc3c(ccc4ccnc43)nc2c1. The number of aromatic nitrogens is 2. The number of hydrogen-bond donors (Lipinski definition) is 0. The minimum atomic E-state index is 0.788. The van der Waals surface area contributed by atoms with Crippen molar-refractivity contribution >= 4 is 32.9 Å². The van der Waals surface area contributed by atoms with Gasteiger partial charge >= 0.3 is 0 Å². The number of pyridine rings is 1. The van der Waals surface area contributed by atoms with E-state index in [2.05, 4.69) is 9.97 Å². The summed E-state index contributed by atoms with van der Waals surface area (Å²) in [5.74, 6) is 0. The minimum Gasteiger partial charge on any atom is -0.463 e. The molecule has 0 aliphatic heterocycles. The second-order valence-electron chi connectivity index (χ2n) is 4.00. The Morgan fingerprint density at radius 2 is 2.00 bits per heavy atom. The van der Waals surface area contributed by atoms with Gasteiger partial charge in [-0.05, 0) is 30.3 Å². The van der Waals surface area contributed by atoms with Crippen LogP contribution in [0.1, 0.15) is 0 Å². The van der Waals surface area contributed by atoms with Crippen LogP contribution in [0.15, 0.2) is 53.3 Å². The molecule has 0 unspecified atom stereocenters. The lowest BCUT2D eigenvalue weighted by Gasteiger charge is -2.01. The van der Waals surface area contributed by atoms with Gasteiger partial charge in [0.15, 0.2) is 5.58 Å². The summed E-state index contributed by atoms with van der Waals surface area (Å²) in [6.45, 7) is 0. The van der Waals surface area contributed by atoms with E-state index in [0.717, 1.165) is 32.9 Å². The Bertz CT molecular complexity index is 848. The molecule has 0 aliphatic carbocycles. The summed E-state index contributed by atoms with van der Waals surface area (Å²) >= 11 is 0. The maximum Gasteiger partial charge on any atom is 0.152 e. The lowest BCUT2D eigenvalue weighted by atomic mass is 10.1. The van der Waals surface area contributed by atoms with Crippen molar-refractivity contribution in [1.82, 2.24) is 9.97 Å². The van der Waals surface area contributed by atoms with Crippen LogP contribution in [-0.2, 0) is 0 Å². The smallest absolute Gasteiger partial charge is 0.152 e. The van der Waals surface area contributed by atoms with Gasteiger partial charge in [-0.2, -0.15) is 0 Å². The van der Waals surface area contributed by atoms with Gasteiger partial charge in [-0.25, -0.2) is 4.98 Å². The molecule has 0 saturated carbocycles. The summed E-state index contributed by atoms with van der Waals surface area (Å²) in [6, 6.07) is 11.9. The molecular formula is C14H8N2O. The molecule has 0 N–H and O–H groups in total. The van der Waals surface area contributed by atoms with Gasteiger partial charge < -0.3 is 4.42 Å². The molecule has 0 radical (unpaired) electrons. The predicted octanol–water partition coefficient (Wildman–Crippen LogP) is 3.53. The Morgan fingerprint density at radius 1 is 1.00 bits per heavy atom. The Kier molecular flexibility index (Phi) is 1.56. The Morgan fingerprint density at radius 3 is 3.00 bits per heavy atom. The molecule has 1 aromatic carbocycles. The van der Waals surface area contributed by atoms with E-state index in [1.54, 1.807) is 6.26 Å². The van der Waals surface area contributed by atoms with E-state index in [9.17, 15) is 0 Å². The van der Waals surface area contributed by atoms with Crippen LogP contribution in [0.4, 0.5) is 0 Å². The van der Waals surface area contributed by atoms with E-state index in [1.807, 2.05) is 42.6 Å². The Labute approximate surface area is 96.7 Å². The molecule has 3 nitrogen and oxygen atoms in total. The average molecular weight is 220 g/mol. The fourth-order valence-corrected chi connectivity index (χ4v) is 2.17. The topological polar surface area (TPSA) is 38.9 Å². The van der Waals surface area contributed by atoms with Gasteiger partial charge in [-0.3, -0.25) is 4.98 Å². The molecule has 0 amide bonds. The van der Waals surface area contributed by atoms with E-state index in [4.69, 9.17) is 4.42 Å². The highest BCUT2D eigenvalue weighted by atomic mass is 16.3. The first-order valence-electron chi connectivity index (χ1n) is 5.43. The molecule has 4 aromatic rings. The first-order chi connectivity index (χ1) is 8.42. The van der Waals surface area contributed by atoms with Crippen molar-refractivity contribution in [2.24, 2.45) is 0 Å². The number of benzene rings is 1. The van der Waals surface area contributed by atoms with Gasteiger partial charge in [-0.1, -0.05) is 6.07 Å². The van der Waals surface area contributed by atoms with Crippen LogP contribution in [0.3, 0.4) is 0 Å². The van der Waals surface area contributed by atoms with Crippen molar-refractivity contribution in [3.05, 3.63) is 48.9 Å². The number of fused-ring (bicyclic) bond motifs is 4. The maximum atomic E-state index is 5.45.